The SMILES string of the molecule is C#CCC(COC(C)(C)C)NN. The second-order valence-corrected chi connectivity index (χ2v) is 3.70. The summed E-state index contributed by atoms with van der Waals surface area (Å²) in [6, 6.07) is 0.0502. The molecule has 0 fully saturated rings. The number of hydrogen-bond acceptors (Lipinski definition) is 3. The van der Waals surface area contributed by atoms with Gasteiger partial charge in [-0.1, -0.05) is 0 Å². The van der Waals surface area contributed by atoms with Gasteiger partial charge in [0, 0.05) is 6.42 Å². The first kappa shape index (κ1) is 11.4. The molecular formula is C9H18N2O. The molecule has 3 nitrogen and oxygen atoms in total. The molecule has 3 heteroatoms. The first-order valence-corrected chi connectivity index (χ1v) is 4.03. The summed E-state index contributed by atoms with van der Waals surface area (Å²) in [4.78, 5) is 0. The average molecular weight is 170 g/mol. The van der Waals surface area contributed by atoms with Crippen LogP contribution in [-0.2, 0) is 4.74 Å². The molecule has 1 atom stereocenters. The van der Waals surface area contributed by atoms with Crippen LogP contribution in [0.5, 0.6) is 0 Å². The van der Waals surface area contributed by atoms with Crippen molar-refractivity contribution in [1.29, 1.82) is 0 Å². The number of terminal acetylenes is 1. The maximum Gasteiger partial charge on any atom is 0.0649 e. The average Bonchev–Trinajstić information content (AvgIpc) is 1.96. The van der Waals surface area contributed by atoms with Crippen LogP contribution in [-0.4, -0.2) is 18.2 Å². The van der Waals surface area contributed by atoms with Crippen molar-refractivity contribution < 1.29 is 4.74 Å². The van der Waals surface area contributed by atoms with Crippen molar-refractivity contribution in [1.82, 2.24) is 5.43 Å². The Morgan fingerprint density at radius 1 is 1.58 bits per heavy atom. The van der Waals surface area contributed by atoms with Crippen molar-refractivity contribution in [3.63, 3.8) is 0 Å². The molecule has 0 aliphatic heterocycles. The Labute approximate surface area is 74.6 Å². The van der Waals surface area contributed by atoms with E-state index >= 15 is 0 Å². The molecule has 3 N–H and O–H groups in total. The maximum absolute atomic E-state index is 5.50. The topological polar surface area (TPSA) is 47.3 Å². The van der Waals surface area contributed by atoms with Crippen molar-refractivity contribution in [2.75, 3.05) is 6.61 Å². The van der Waals surface area contributed by atoms with E-state index in [2.05, 4.69) is 11.3 Å². The fourth-order valence-corrected chi connectivity index (χ4v) is 0.659. The first-order valence-electron chi connectivity index (χ1n) is 4.03. The van der Waals surface area contributed by atoms with Crippen molar-refractivity contribution in [2.24, 2.45) is 5.84 Å². The normalized spacial score (nSPS) is 13.9. The lowest BCUT2D eigenvalue weighted by molar-refractivity contribution is -0.0138. The smallest absolute Gasteiger partial charge is 0.0649 e. The second kappa shape index (κ2) is 5.15. The molecule has 0 aromatic carbocycles. The summed E-state index contributed by atoms with van der Waals surface area (Å²) in [5, 5.41) is 0. The molecule has 0 radical (unpaired) electrons. The summed E-state index contributed by atoms with van der Waals surface area (Å²) in [7, 11) is 0. The summed E-state index contributed by atoms with van der Waals surface area (Å²) < 4.78 is 5.50. The quantitative estimate of drug-likeness (QED) is 0.370. The predicted molar refractivity (Wildman–Crippen MR) is 50.3 cm³/mol. The lowest BCUT2D eigenvalue weighted by Crippen LogP contribution is -2.40. The van der Waals surface area contributed by atoms with Gasteiger partial charge < -0.3 is 4.74 Å². The van der Waals surface area contributed by atoms with Gasteiger partial charge in [-0.3, -0.25) is 11.3 Å². The molecule has 0 aromatic rings. The molecule has 12 heavy (non-hydrogen) atoms. The van der Waals surface area contributed by atoms with E-state index in [1.54, 1.807) is 0 Å². The van der Waals surface area contributed by atoms with E-state index in [-0.39, 0.29) is 11.6 Å². The van der Waals surface area contributed by atoms with E-state index in [0.29, 0.717) is 13.0 Å². The molecule has 1 unspecified atom stereocenters. The Morgan fingerprint density at radius 2 is 2.17 bits per heavy atom. The highest BCUT2D eigenvalue weighted by Gasteiger charge is 2.13. The van der Waals surface area contributed by atoms with Crippen molar-refractivity contribution in [3.05, 3.63) is 0 Å². The zero-order chi connectivity index (χ0) is 9.61. The van der Waals surface area contributed by atoms with Gasteiger partial charge in [0.05, 0.1) is 18.2 Å². The minimum absolute atomic E-state index is 0.0502. The molecule has 0 aliphatic rings. The van der Waals surface area contributed by atoms with Crippen LogP contribution in [0.15, 0.2) is 0 Å². The molecule has 0 saturated heterocycles. The van der Waals surface area contributed by atoms with Crippen LogP contribution in [0, 0.1) is 12.3 Å². The van der Waals surface area contributed by atoms with E-state index in [4.69, 9.17) is 17.0 Å². The Hall–Kier alpha value is -0.560. The first-order chi connectivity index (χ1) is 5.49. The van der Waals surface area contributed by atoms with Gasteiger partial charge in [-0.05, 0) is 20.8 Å². The Morgan fingerprint density at radius 3 is 2.50 bits per heavy atom. The van der Waals surface area contributed by atoms with Crippen molar-refractivity contribution >= 4 is 0 Å². The highest BCUT2D eigenvalue weighted by Crippen LogP contribution is 2.07. The van der Waals surface area contributed by atoms with Gasteiger partial charge in [-0.2, -0.15) is 0 Å². The van der Waals surface area contributed by atoms with Crippen LogP contribution in [0.25, 0.3) is 0 Å². The third kappa shape index (κ3) is 6.17. The molecule has 0 aliphatic carbocycles. The van der Waals surface area contributed by atoms with E-state index in [1.807, 2.05) is 20.8 Å². The Bertz CT molecular complexity index is 155. The highest BCUT2D eigenvalue weighted by molar-refractivity contribution is 4.89. The van der Waals surface area contributed by atoms with Gasteiger partial charge in [0.25, 0.3) is 0 Å². The summed E-state index contributed by atoms with van der Waals surface area (Å²) in [5.41, 5.74) is 2.47. The number of nitrogens with one attached hydrogen (secondary N) is 1. The minimum Gasteiger partial charge on any atom is -0.374 e. The summed E-state index contributed by atoms with van der Waals surface area (Å²) in [5.74, 6) is 7.80. The van der Waals surface area contributed by atoms with E-state index in [1.165, 1.54) is 0 Å². The fraction of sp³-hybridized carbons (Fsp3) is 0.778. The Kier molecular flexibility index (Phi) is 4.91. The number of rotatable bonds is 4. The number of hydrogen-bond donors (Lipinski definition) is 2. The highest BCUT2D eigenvalue weighted by atomic mass is 16.5. The molecule has 0 bridgehead atoms. The van der Waals surface area contributed by atoms with Crippen molar-refractivity contribution in [2.45, 2.75) is 38.8 Å². The zero-order valence-corrected chi connectivity index (χ0v) is 8.05. The molecule has 0 saturated carbocycles. The minimum atomic E-state index is -0.135. The van der Waals surface area contributed by atoms with Crippen molar-refractivity contribution in [3.8, 4) is 12.3 Å². The van der Waals surface area contributed by atoms with E-state index < -0.39 is 0 Å². The lowest BCUT2D eigenvalue weighted by atomic mass is 10.2. The maximum atomic E-state index is 5.50. The van der Waals surface area contributed by atoms with E-state index in [9.17, 15) is 0 Å². The molecule has 0 heterocycles. The summed E-state index contributed by atoms with van der Waals surface area (Å²) >= 11 is 0. The van der Waals surface area contributed by atoms with Crippen LogP contribution in [0.4, 0.5) is 0 Å². The van der Waals surface area contributed by atoms with Gasteiger partial charge >= 0.3 is 0 Å². The van der Waals surface area contributed by atoms with E-state index in [0.717, 1.165) is 0 Å². The fourth-order valence-electron chi connectivity index (χ4n) is 0.659. The van der Waals surface area contributed by atoms with Crippen LogP contribution in [0.2, 0.25) is 0 Å². The van der Waals surface area contributed by atoms with Crippen LogP contribution in [0.3, 0.4) is 0 Å². The number of hydrazine groups is 1. The third-order valence-corrected chi connectivity index (χ3v) is 1.32. The van der Waals surface area contributed by atoms with Crippen LogP contribution >= 0.6 is 0 Å². The summed E-state index contributed by atoms with van der Waals surface area (Å²) in [6.45, 7) is 6.54. The molecular weight excluding hydrogens is 152 g/mol. The monoisotopic (exact) mass is 170 g/mol. The Balaban J connectivity index is 3.67. The van der Waals surface area contributed by atoms with Gasteiger partial charge in [0.15, 0.2) is 0 Å². The summed E-state index contributed by atoms with van der Waals surface area (Å²) in [6.07, 6.45) is 5.73. The van der Waals surface area contributed by atoms with Gasteiger partial charge in [0.1, 0.15) is 0 Å². The van der Waals surface area contributed by atoms with Gasteiger partial charge in [-0.15, -0.1) is 12.3 Å². The second-order valence-electron chi connectivity index (χ2n) is 3.70. The number of nitrogens with two attached hydrogens (primary N) is 1. The van der Waals surface area contributed by atoms with Gasteiger partial charge in [-0.25, -0.2) is 0 Å². The number of ether oxygens (including phenoxy) is 1. The zero-order valence-electron chi connectivity index (χ0n) is 8.05. The molecule has 70 valence electrons. The van der Waals surface area contributed by atoms with Gasteiger partial charge in [0.2, 0.25) is 0 Å². The third-order valence-electron chi connectivity index (χ3n) is 1.32. The lowest BCUT2D eigenvalue weighted by Gasteiger charge is -2.22. The largest absolute Gasteiger partial charge is 0.374 e. The molecule has 0 rings (SSSR count). The molecule has 0 spiro atoms. The predicted octanol–water partition coefficient (Wildman–Crippen LogP) is 0.657. The standard InChI is InChI=1S/C9H18N2O/c1-5-6-8(11-10)7-12-9(2,3)4/h1,8,11H,6-7,10H2,2-4H3. The van der Waals surface area contributed by atoms with Crippen LogP contribution in [0.1, 0.15) is 27.2 Å². The molecule has 0 amide bonds. The van der Waals surface area contributed by atoms with Crippen LogP contribution < -0.4 is 11.3 Å². The molecule has 0 aromatic heterocycles.